The van der Waals surface area contributed by atoms with Crippen LogP contribution in [0.15, 0.2) is 33.8 Å². The molecule has 0 saturated carbocycles. The number of fused-ring (bicyclic) bond motifs is 1. The van der Waals surface area contributed by atoms with E-state index in [2.05, 4.69) is 15.1 Å². The molecule has 10 heteroatoms. The predicted molar refractivity (Wildman–Crippen MR) is 95.6 cm³/mol. The van der Waals surface area contributed by atoms with Gasteiger partial charge in [0.05, 0.1) is 10.2 Å². The molecule has 0 atom stereocenters. The highest BCUT2D eigenvalue weighted by Gasteiger charge is 2.24. The molecule has 2 aromatic heterocycles. The Balaban J connectivity index is 1.90. The molecule has 0 amide bonds. The molecule has 0 bridgehead atoms. The highest BCUT2D eigenvalue weighted by atomic mass is 35.5. The van der Waals surface area contributed by atoms with E-state index in [1.807, 2.05) is 24.3 Å². The van der Waals surface area contributed by atoms with Gasteiger partial charge in [-0.3, -0.25) is 4.79 Å². The van der Waals surface area contributed by atoms with Crippen LogP contribution in [0.4, 0.5) is 5.13 Å². The number of nitrogen functional groups attached to an aromatic ring is 1. The largest absolute Gasteiger partial charge is 0.398 e. The number of aromatic nitrogens is 2. The molecular formula is C13H9ClN4O2S3. The number of thiazole rings is 2. The molecule has 23 heavy (non-hydrogen) atoms. The molecule has 0 radical (unpaired) electrons. The van der Waals surface area contributed by atoms with Gasteiger partial charge in [-0.25, -0.2) is 9.97 Å². The number of nitrogens with zero attached hydrogens (tertiary/aromatic N) is 3. The molecule has 0 saturated heterocycles. The Hall–Kier alpha value is -1.68. The van der Waals surface area contributed by atoms with Crippen LogP contribution in [-0.4, -0.2) is 27.9 Å². The van der Waals surface area contributed by atoms with Gasteiger partial charge in [-0.2, -0.15) is 0 Å². The lowest BCUT2D eigenvalue weighted by atomic mass is 10.3. The highest BCUT2D eigenvalue weighted by Crippen LogP contribution is 2.32. The van der Waals surface area contributed by atoms with Crippen LogP contribution in [0.3, 0.4) is 0 Å². The van der Waals surface area contributed by atoms with Crippen molar-refractivity contribution in [1.29, 1.82) is 0 Å². The van der Waals surface area contributed by atoms with E-state index >= 15 is 0 Å². The van der Waals surface area contributed by atoms with Gasteiger partial charge in [0.25, 0.3) is 0 Å². The average molecular weight is 385 g/mol. The maximum absolute atomic E-state index is 12.5. The Kier molecular flexibility index (Phi) is 4.81. The molecular weight excluding hydrogens is 376 g/mol. The summed E-state index contributed by atoms with van der Waals surface area (Å²) >= 11 is 9.50. The summed E-state index contributed by atoms with van der Waals surface area (Å²) in [6.45, 7) is 0. The van der Waals surface area contributed by atoms with Gasteiger partial charge in [0.15, 0.2) is 15.2 Å². The smallest absolute Gasteiger partial charge is 0.250 e. The summed E-state index contributed by atoms with van der Waals surface area (Å²) in [6, 6.07) is 7.66. The second-order valence-corrected chi connectivity index (χ2v) is 8.02. The van der Waals surface area contributed by atoms with Gasteiger partial charge in [-0.1, -0.05) is 40.2 Å². The number of hydrogen-bond donors (Lipinski definition) is 1. The summed E-state index contributed by atoms with van der Waals surface area (Å²) < 4.78 is 1.90. The van der Waals surface area contributed by atoms with Gasteiger partial charge in [-0.05, 0) is 23.9 Å². The number of carbonyl (C=O) groups is 1. The molecule has 3 rings (SSSR count). The molecule has 0 spiro atoms. The van der Waals surface area contributed by atoms with Crippen molar-refractivity contribution in [3.05, 3.63) is 34.3 Å². The maximum Gasteiger partial charge on any atom is 0.250 e. The van der Waals surface area contributed by atoms with Crippen molar-refractivity contribution in [2.45, 2.75) is 4.34 Å². The lowest BCUT2D eigenvalue weighted by molar-refractivity contribution is -0.105. The van der Waals surface area contributed by atoms with E-state index in [0.717, 1.165) is 33.3 Å². The fourth-order valence-corrected chi connectivity index (χ4v) is 4.58. The summed E-state index contributed by atoms with van der Waals surface area (Å²) in [5, 5.41) is 3.64. The van der Waals surface area contributed by atoms with Gasteiger partial charge in [-0.15, -0.1) is 11.3 Å². The second-order valence-electron chi connectivity index (χ2n) is 4.13. The number of para-hydroxylation sites is 1. The zero-order valence-electron chi connectivity index (χ0n) is 11.6. The average Bonchev–Trinajstić information content (AvgIpc) is 3.06. The third-order valence-electron chi connectivity index (χ3n) is 2.66. The number of nitrogens with two attached hydrogens (primary N) is 1. The molecule has 118 valence electrons. The first kappa shape index (κ1) is 16.2. The summed E-state index contributed by atoms with van der Waals surface area (Å²) in [5.41, 5.74) is 6.68. The molecule has 1 aromatic carbocycles. The number of halogens is 1. The van der Waals surface area contributed by atoms with E-state index in [4.69, 9.17) is 22.2 Å². The van der Waals surface area contributed by atoms with Crippen molar-refractivity contribution in [2.75, 3.05) is 12.8 Å². The van der Waals surface area contributed by atoms with Crippen LogP contribution in [-0.2, 0) is 9.63 Å². The van der Waals surface area contributed by atoms with Crippen molar-refractivity contribution in [1.82, 2.24) is 9.97 Å². The maximum atomic E-state index is 12.5. The van der Waals surface area contributed by atoms with Crippen LogP contribution in [0.2, 0.25) is 4.34 Å². The van der Waals surface area contributed by atoms with Gasteiger partial charge in [0.1, 0.15) is 17.1 Å². The van der Waals surface area contributed by atoms with Crippen molar-refractivity contribution in [3.63, 3.8) is 0 Å². The minimum atomic E-state index is -0.363. The number of anilines is 1. The SMILES string of the molecule is CON=C(C(=O)Sc1nc2ccccc2s1)c1nc(N)sc1Cl. The fourth-order valence-electron chi connectivity index (χ4n) is 1.75. The topological polar surface area (TPSA) is 90.5 Å². The van der Waals surface area contributed by atoms with Crippen molar-refractivity contribution < 1.29 is 9.63 Å². The number of carbonyl (C=O) groups excluding carboxylic acids is 1. The molecule has 2 heterocycles. The summed E-state index contributed by atoms with van der Waals surface area (Å²) in [5.74, 6) is 0. The highest BCUT2D eigenvalue weighted by molar-refractivity contribution is 8.16. The van der Waals surface area contributed by atoms with E-state index < -0.39 is 0 Å². The standard InChI is InChI=1S/C13H9ClN4O2S3/c1-20-18-9(8-10(14)22-12(15)17-8)11(19)23-13-16-6-4-2-3-5-7(6)21-13/h2-5H,1H3,(H2,15,17). The summed E-state index contributed by atoms with van der Waals surface area (Å²) in [4.78, 5) is 25.7. The van der Waals surface area contributed by atoms with Crippen LogP contribution in [0.1, 0.15) is 5.69 Å². The molecule has 6 nitrogen and oxygen atoms in total. The van der Waals surface area contributed by atoms with E-state index in [1.54, 1.807) is 0 Å². The lowest BCUT2D eigenvalue weighted by Crippen LogP contribution is -2.13. The Morgan fingerprint density at radius 1 is 1.35 bits per heavy atom. The van der Waals surface area contributed by atoms with E-state index in [1.165, 1.54) is 18.4 Å². The molecule has 0 fully saturated rings. The van der Waals surface area contributed by atoms with Crippen molar-refractivity contribution in [2.24, 2.45) is 5.16 Å². The fraction of sp³-hybridized carbons (Fsp3) is 0.0769. The Morgan fingerprint density at radius 2 is 2.13 bits per heavy atom. The van der Waals surface area contributed by atoms with E-state index in [-0.39, 0.29) is 26.0 Å². The van der Waals surface area contributed by atoms with Crippen molar-refractivity contribution >= 4 is 72.2 Å². The van der Waals surface area contributed by atoms with Crippen LogP contribution in [0.5, 0.6) is 0 Å². The number of thioether (sulfide) groups is 1. The van der Waals surface area contributed by atoms with Crippen LogP contribution < -0.4 is 5.73 Å². The van der Waals surface area contributed by atoms with Gasteiger partial charge in [0.2, 0.25) is 5.12 Å². The number of rotatable bonds is 4. The van der Waals surface area contributed by atoms with Crippen molar-refractivity contribution in [3.8, 4) is 0 Å². The lowest BCUT2D eigenvalue weighted by Gasteiger charge is -2.00. The first-order valence-corrected chi connectivity index (χ1v) is 9.02. The second kappa shape index (κ2) is 6.83. The predicted octanol–water partition coefficient (Wildman–Crippen LogP) is 3.66. The third kappa shape index (κ3) is 3.47. The first-order chi connectivity index (χ1) is 11.1. The minimum Gasteiger partial charge on any atom is -0.398 e. The number of hydrogen-bond acceptors (Lipinski definition) is 9. The molecule has 0 unspecified atom stereocenters. The molecule has 0 aliphatic heterocycles. The quantitative estimate of drug-likeness (QED) is 0.419. The summed E-state index contributed by atoms with van der Waals surface area (Å²) in [7, 11) is 1.35. The third-order valence-corrected chi connectivity index (χ3v) is 5.72. The number of oxime groups is 1. The summed E-state index contributed by atoms with van der Waals surface area (Å²) in [6.07, 6.45) is 0. The monoisotopic (exact) mass is 384 g/mol. The zero-order chi connectivity index (χ0) is 16.4. The molecule has 0 aliphatic rings. The van der Waals surface area contributed by atoms with E-state index in [9.17, 15) is 4.79 Å². The van der Waals surface area contributed by atoms with Crippen LogP contribution >= 0.6 is 46.0 Å². The minimum absolute atomic E-state index is 0.00899. The van der Waals surface area contributed by atoms with Crippen LogP contribution in [0, 0.1) is 0 Å². The molecule has 0 aliphatic carbocycles. The first-order valence-electron chi connectivity index (χ1n) is 6.19. The zero-order valence-corrected chi connectivity index (χ0v) is 14.9. The Bertz CT molecular complexity index is 873. The normalized spacial score (nSPS) is 11.8. The van der Waals surface area contributed by atoms with Crippen LogP contribution in [0.25, 0.3) is 10.2 Å². The molecule has 3 aromatic rings. The number of benzene rings is 1. The van der Waals surface area contributed by atoms with Gasteiger partial charge in [0, 0.05) is 0 Å². The Morgan fingerprint density at radius 3 is 2.78 bits per heavy atom. The van der Waals surface area contributed by atoms with Gasteiger partial charge < -0.3 is 10.6 Å². The van der Waals surface area contributed by atoms with Gasteiger partial charge >= 0.3 is 0 Å². The molecule has 2 N–H and O–H groups in total. The van der Waals surface area contributed by atoms with E-state index in [0.29, 0.717) is 4.34 Å². The Labute approximate surface area is 148 Å².